The van der Waals surface area contributed by atoms with Gasteiger partial charge in [-0.25, -0.2) is 0 Å². The van der Waals surface area contributed by atoms with E-state index in [1.165, 1.54) is 6.42 Å². The summed E-state index contributed by atoms with van der Waals surface area (Å²) in [5, 5.41) is 0. The SMILES string of the molecule is CCC1CC2C1(C)C1(C)C23C2C3C1(C)C2(C)C(C)C. The maximum Gasteiger partial charge on any atom is -0.0125 e. The Balaban J connectivity index is 1.68. The van der Waals surface area contributed by atoms with Crippen LogP contribution in [0.15, 0.2) is 0 Å². The van der Waals surface area contributed by atoms with Gasteiger partial charge in [-0.05, 0) is 63.1 Å². The van der Waals surface area contributed by atoms with Gasteiger partial charge >= 0.3 is 0 Å². The lowest BCUT2D eigenvalue weighted by Crippen LogP contribution is -2.85. The Morgan fingerprint density at radius 1 is 1.05 bits per heavy atom. The van der Waals surface area contributed by atoms with Crippen molar-refractivity contribution in [3.8, 4) is 0 Å². The normalized spacial score (nSPS) is 77.7. The topological polar surface area (TPSA) is 0 Å². The van der Waals surface area contributed by atoms with Crippen LogP contribution in [0.4, 0.5) is 0 Å². The highest BCUT2D eigenvalue weighted by molar-refractivity contribution is 5.59. The summed E-state index contributed by atoms with van der Waals surface area (Å²) in [7, 11) is 0. The summed E-state index contributed by atoms with van der Waals surface area (Å²) < 4.78 is 0. The van der Waals surface area contributed by atoms with Gasteiger partial charge in [0.05, 0.1) is 0 Å². The number of rotatable bonds is 2. The summed E-state index contributed by atoms with van der Waals surface area (Å²) >= 11 is 0. The molecular weight excluding hydrogens is 228 g/mol. The Bertz CT molecular complexity index is 520. The van der Waals surface area contributed by atoms with Crippen molar-refractivity contribution in [2.75, 3.05) is 0 Å². The van der Waals surface area contributed by atoms with E-state index < -0.39 is 0 Å². The zero-order valence-corrected chi connectivity index (χ0v) is 13.8. The highest BCUT2D eigenvalue weighted by Crippen LogP contribution is 3.17. The Morgan fingerprint density at radius 2 is 1.68 bits per heavy atom. The molecule has 0 radical (unpaired) electrons. The highest BCUT2D eigenvalue weighted by atomic mass is 15.2. The standard InChI is InChI=1S/C19H30/c1-8-11-9-12-16(11,5)18(7)17(6)14-13(19(12,14)18)15(17,4)10(2)3/h10-14H,8-9H2,1-7H3. The largest absolute Gasteiger partial charge is 0.0651 e. The summed E-state index contributed by atoms with van der Waals surface area (Å²) in [6.07, 6.45) is 2.99. The first kappa shape index (κ1) is 11.6. The minimum atomic E-state index is 0.644. The molecule has 0 aliphatic heterocycles. The number of fused-ring (bicyclic) bond motifs is 3. The Kier molecular flexibility index (Phi) is 1.44. The fourth-order valence-electron chi connectivity index (χ4n) is 10.1. The van der Waals surface area contributed by atoms with Gasteiger partial charge in [-0.2, -0.15) is 0 Å². The monoisotopic (exact) mass is 258 g/mol. The molecule has 106 valence electrons. The molecule has 0 aromatic heterocycles. The van der Waals surface area contributed by atoms with Crippen molar-refractivity contribution in [3.63, 3.8) is 0 Å². The van der Waals surface area contributed by atoms with Crippen LogP contribution in [0.2, 0.25) is 0 Å². The van der Waals surface area contributed by atoms with Crippen LogP contribution in [0.25, 0.3) is 0 Å². The summed E-state index contributed by atoms with van der Waals surface area (Å²) in [5.74, 6) is 5.24. The molecule has 5 aliphatic rings. The van der Waals surface area contributed by atoms with Crippen LogP contribution < -0.4 is 0 Å². The van der Waals surface area contributed by atoms with E-state index in [4.69, 9.17) is 0 Å². The molecule has 0 heterocycles. The third-order valence-electron chi connectivity index (χ3n) is 11.0. The zero-order chi connectivity index (χ0) is 13.8. The van der Waals surface area contributed by atoms with E-state index in [9.17, 15) is 0 Å². The van der Waals surface area contributed by atoms with Crippen LogP contribution in [-0.2, 0) is 0 Å². The molecule has 5 saturated carbocycles. The van der Waals surface area contributed by atoms with Crippen molar-refractivity contribution < 1.29 is 0 Å². The highest BCUT2D eigenvalue weighted by Gasteiger charge is 3.14. The average Bonchev–Trinajstić information content (AvgIpc) is 2.97. The molecule has 19 heavy (non-hydrogen) atoms. The first-order chi connectivity index (χ1) is 8.73. The van der Waals surface area contributed by atoms with Gasteiger partial charge in [-0.3, -0.25) is 0 Å². The molecule has 0 bridgehead atoms. The minimum absolute atomic E-state index is 0.644. The summed E-state index contributed by atoms with van der Waals surface area (Å²) in [5.41, 5.74) is 3.53. The summed E-state index contributed by atoms with van der Waals surface area (Å²) in [6.45, 7) is 18.2. The van der Waals surface area contributed by atoms with Gasteiger partial charge in [-0.15, -0.1) is 0 Å². The van der Waals surface area contributed by atoms with Crippen LogP contribution in [-0.4, -0.2) is 0 Å². The van der Waals surface area contributed by atoms with Crippen molar-refractivity contribution in [2.24, 2.45) is 56.7 Å². The lowest BCUT2D eigenvalue weighted by molar-refractivity contribution is -0.420. The Morgan fingerprint density at radius 3 is 2.21 bits per heavy atom. The van der Waals surface area contributed by atoms with Crippen molar-refractivity contribution >= 4 is 0 Å². The molecule has 5 rings (SSSR count). The van der Waals surface area contributed by atoms with E-state index in [1.807, 2.05) is 0 Å². The van der Waals surface area contributed by atoms with E-state index in [0.29, 0.717) is 21.7 Å². The van der Waals surface area contributed by atoms with E-state index in [1.54, 1.807) is 6.42 Å². The summed E-state index contributed by atoms with van der Waals surface area (Å²) in [4.78, 5) is 0. The second-order valence-electron chi connectivity index (χ2n) is 9.83. The molecule has 5 fully saturated rings. The molecule has 5 aliphatic carbocycles. The molecule has 9 unspecified atom stereocenters. The molecular formula is C19H30. The average molecular weight is 258 g/mol. The van der Waals surface area contributed by atoms with Crippen LogP contribution in [0, 0.1) is 56.7 Å². The van der Waals surface area contributed by atoms with Gasteiger partial charge in [0.1, 0.15) is 0 Å². The van der Waals surface area contributed by atoms with Crippen LogP contribution >= 0.6 is 0 Å². The van der Waals surface area contributed by atoms with Gasteiger partial charge in [-0.1, -0.05) is 54.9 Å². The quantitative estimate of drug-likeness (QED) is 0.655. The van der Waals surface area contributed by atoms with Gasteiger partial charge < -0.3 is 0 Å². The third kappa shape index (κ3) is 0.544. The first-order valence-corrected chi connectivity index (χ1v) is 8.73. The minimum Gasteiger partial charge on any atom is -0.0651 e. The third-order valence-corrected chi connectivity index (χ3v) is 11.0. The molecule has 0 aromatic carbocycles. The molecule has 1 spiro atoms. The molecule has 0 nitrogen and oxygen atoms in total. The smallest absolute Gasteiger partial charge is 0.0125 e. The van der Waals surface area contributed by atoms with Gasteiger partial charge in [0.2, 0.25) is 0 Å². The molecule has 0 aromatic rings. The van der Waals surface area contributed by atoms with Gasteiger partial charge in [0, 0.05) is 0 Å². The van der Waals surface area contributed by atoms with Crippen molar-refractivity contribution in [1.29, 1.82) is 0 Å². The van der Waals surface area contributed by atoms with E-state index in [2.05, 4.69) is 48.5 Å². The predicted octanol–water partition coefficient (Wildman–Crippen LogP) is 4.99. The van der Waals surface area contributed by atoms with Crippen LogP contribution in [0.1, 0.15) is 61.3 Å². The van der Waals surface area contributed by atoms with E-state index >= 15 is 0 Å². The van der Waals surface area contributed by atoms with Crippen LogP contribution in [0.5, 0.6) is 0 Å². The van der Waals surface area contributed by atoms with E-state index in [-0.39, 0.29) is 0 Å². The van der Waals surface area contributed by atoms with Crippen molar-refractivity contribution in [1.82, 2.24) is 0 Å². The molecule has 0 heteroatoms. The molecule has 0 N–H and O–H groups in total. The zero-order valence-electron chi connectivity index (χ0n) is 13.8. The second kappa shape index (κ2) is 2.35. The first-order valence-electron chi connectivity index (χ1n) is 8.73. The fourth-order valence-corrected chi connectivity index (χ4v) is 10.1. The Hall–Kier alpha value is 0. The lowest BCUT2D eigenvalue weighted by Gasteiger charge is -2.89. The van der Waals surface area contributed by atoms with Gasteiger partial charge in [0.25, 0.3) is 0 Å². The van der Waals surface area contributed by atoms with Crippen molar-refractivity contribution in [3.05, 3.63) is 0 Å². The Labute approximate surface area is 118 Å². The van der Waals surface area contributed by atoms with Crippen LogP contribution in [0.3, 0.4) is 0 Å². The van der Waals surface area contributed by atoms with Crippen molar-refractivity contribution in [2.45, 2.75) is 61.3 Å². The maximum atomic E-state index is 2.72. The van der Waals surface area contributed by atoms with Gasteiger partial charge in [0.15, 0.2) is 0 Å². The molecule has 0 saturated heterocycles. The number of hydrogen-bond acceptors (Lipinski definition) is 0. The number of hydrogen-bond donors (Lipinski definition) is 0. The molecule has 9 atom stereocenters. The fraction of sp³-hybridized carbons (Fsp3) is 1.00. The molecule has 0 amide bonds. The van der Waals surface area contributed by atoms with E-state index in [0.717, 1.165) is 35.0 Å². The second-order valence-corrected chi connectivity index (χ2v) is 9.83. The predicted molar refractivity (Wildman–Crippen MR) is 78.6 cm³/mol. The maximum absolute atomic E-state index is 2.72. The summed E-state index contributed by atoms with van der Waals surface area (Å²) in [6, 6.07) is 0. The lowest BCUT2D eigenvalue weighted by atomic mass is 9.15.